The second-order valence-electron chi connectivity index (χ2n) is 6.27. The van der Waals surface area contributed by atoms with Gasteiger partial charge in [0.2, 0.25) is 5.91 Å². The first-order chi connectivity index (χ1) is 12.1. The van der Waals surface area contributed by atoms with Gasteiger partial charge in [0, 0.05) is 12.7 Å². The van der Waals surface area contributed by atoms with Gasteiger partial charge in [-0.3, -0.25) is 9.78 Å². The monoisotopic (exact) mass is 358 g/mol. The van der Waals surface area contributed by atoms with E-state index in [-0.39, 0.29) is 5.91 Å². The molecule has 0 aliphatic rings. The molecule has 1 aromatic heterocycles. The van der Waals surface area contributed by atoms with Crippen LogP contribution in [0.15, 0.2) is 48.7 Å². The maximum Gasteiger partial charge on any atom is 0.230 e. The van der Waals surface area contributed by atoms with Gasteiger partial charge < -0.3 is 10.1 Å². The zero-order valence-electron chi connectivity index (χ0n) is 14.9. The number of aromatic nitrogens is 1. The second kappa shape index (κ2) is 10.8. The molecule has 1 amide bonds. The number of pyridine rings is 1. The van der Waals surface area contributed by atoms with E-state index in [1.807, 2.05) is 42.5 Å². The van der Waals surface area contributed by atoms with Crippen LogP contribution in [0.4, 0.5) is 0 Å². The minimum Gasteiger partial charge on any atom is -0.487 e. The molecule has 0 saturated heterocycles. The zero-order chi connectivity index (χ0) is 17.9. The van der Waals surface area contributed by atoms with Gasteiger partial charge in [-0.2, -0.15) is 11.8 Å². The third-order valence-electron chi connectivity index (χ3n) is 3.57. The van der Waals surface area contributed by atoms with Crippen LogP contribution < -0.4 is 10.1 Å². The van der Waals surface area contributed by atoms with Crippen molar-refractivity contribution in [3.05, 3.63) is 59.9 Å². The molecule has 5 heteroatoms. The number of carbonyl (C=O) groups excluding carboxylic acids is 1. The minimum absolute atomic E-state index is 0.0774. The van der Waals surface area contributed by atoms with Gasteiger partial charge in [-0.25, -0.2) is 0 Å². The summed E-state index contributed by atoms with van der Waals surface area (Å²) >= 11 is 1.69. The fourth-order valence-corrected chi connectivity index (χ4v) is 3.19. The van der Waals surface area contributed by atoms with Gasteiger partial charge in [0.15, 0.2) is 0 Å². The predicted molar refractivity (Wildman–Crippen MR) is 104 cm³/mol. The zero-order valence-corrected chi connectivity index (χ0v) is 15.7. The average molecular weight is 359 g/mol. The maximum absolute atomic E-state index is 11.9. The first kappa shape index (κ1) is 19.3. The van der Waals surface area contributed by atoms with E-state index in [1.165, 1.54) is 0 Å². The number of nitrogens with one attached hydrogen (secondary N) is 1. The van der Waals surface area contributed by atoms with E-state index in [0.717, 1.165) is 29.2 Å². The van der Waals surface area contributed by atoms with Gasteiger partial charge in [-0.05, 0) is 47.9 Å². The molecule has 0 spiro atoms. The predicted octanol–water partition coefficient (Wildman–Crippen LogP) is 4.06. The van der Waals surface area contributed by atoms with E-state index in [0.29, 0.717) is 24.8 Å². The lowest BCUT2D eigenvalue weighted by molar-refractivity contribution is -0.118. The van der Waals surface area contributed by atoms with E-state index in [9.17, 15) is 4.79 Å². The molecule has 0 saturated carbocycles. The van der Waals surface area contributed by atoms with Gasteiger partial charge in [0.25, 0.3) is 0 Å². The van der Waals surface area contributed by atoms with Crippen molar-refractivity contribution in [2.75, 3.05) is 11.5 Å². The van der Waals surface area contributed by atoms with Crippen LogP contribution in [0.2, 0.25) is 0 Å². The number of amides is 1. The highest BCUT2D eigenvalue weighted by molar-refractivity contribution is 7.99. The van der Waals surface area contributed by atoms with Crippen LogP contribution in [0.1, 0.15) is 31.5 Å². The molecule has 2 rings (SSSR count). The van der Waals surface area contributed by atoms with Crippen molar-refractivity contribution >= 4 is 17.7 Å². The Morgan fingerprint density at radius 1 is 1.24 bits per heavy atom. The molecule has 0 atom stereocenters. The maximum atomic E-state index is 11.9. The van der Waals surface area contributed by atoms with Crippen molar-refractivity contribution in [3.8, 4) is 5.75 Å². The largest absolute Gasteiger partial charge is 0.487 e. The number of carbonyl (C=O) groups is 1. The van der Waals surface area contributed by atoms with Gasteiger partial charge in [0.1, 0.15) is 12.4 Å². The lowest BCUT2D eigenvalue weighted by Gasteiger charge is -2.09. The SMILES string of the molecule is CC(C)CCSCC(=O)NCc1cccc(OCc2ccccn2)c1. The summed E-state index contributed by atoms with van der Waals surface area (Å²) in [5.41, 5.74) is 1.92. The number of hydrogen-bond acceptors (Lipinski definition) is 4. The summed E-state index contributed by atoms with van der Waals surface area (Å²) in [6.45, 7) is 5.35. The number of benzene rings is 1. The lowest BCUT2D eigenvalue weighted by atomic mass is 10.2. The number of rotatable bonds is 10. The molecule has 0 aliphatic heterocycles. The molecule has 1 aromatic carbocycles. The summed E-state index contributed by atoms with van der Waals surface area (Å²) in [7, 11) is 0. The highest BCUT2D eigenvalue weighted by Gasteiger charge is 2.04. The highest BCUT2D eigenvalue weighted by atomic mass is 32.2. The fraction of sp³-hybridized carbons (Fsp3) is 0.400. The molecule has 0 unspecified atom stereocenters. The summed E-state index contributed by atoms with van der Waals surface area (Å²) in [4.78, 5) is 16.1. The quantitative estimate of drug-likeness (QED) is 0.651. The average Bonchev–Trinajstić information content (AvgIpc) is 2.63. The Morgan fingerprint density at radius 3 is 2.88 bits per heavy atom. The molecule has 1 heterocycles. The standard InChI is InChI=1S/C20H26N2O2S/c1-16(2)9-11-25-15-20(23)22-13-17-6-5-8-19(12-17)24-14-18-7-3-4-10-21-18/h3-8,10,12,16H,9,11,13-15H2,1-2H3,(H,22,23). The van der Waals surface area contributed by atoms with E-state index in [1.54, 1.807) is 18.0 Å². The number of ether oxygens (including phenoxy) is 1. The van der Waals surface area contributed by atoms with Crippen molar-refractivity contribution in [1.82, 2.24) is 10.3 Å². The smallest absolute Gasteiger partial charge is 0.230 e. The Hall–Kier alpha value is -2.01. The van der Waals surface area contributed by atoms with Crippen LogP contribution in [-0.4, -0.2) is 22.4 Å². The molecule has 0 bridgehead atoms. The van der Waals surface area contributed by atoms with Crippen LogP contribution in [0, 0.1) is 5.92 Å². The third-order valence-corrected chi connectivity index (χ3v) is 4.56. The number of hydrogen-bond donors (Lipinski definition) is 1. The van der Waals surface area contributed by atoms with Gasteiger partial charge in [-0.15, -0.1) is 0 Å². The molecular formula is C20H26N2O2S. The van der Waals surface area contributed by atoms with Gasteiger partial charge in [0.05, 0.1) is 11.4 Å². The van der Waals surface area contributed by atoms with Crippen LogP contribution in [0.3, 0.4) is 0 Å². The van der Waals surface area contributed by atoms with Crippen molar-refractivity contribution in [3.63, 3.8) is 0 Å². The van der Waals surface area contributed by atoms with E-state index >= 15 is 0 Å². The Balaban J connectivity index is 1.72. The van der Waals surface area contributed by atoms with Gasteiger partial charge in [-0.1, -0.05) is 32.0 Å². The second-order valence-corrected chi connectivity index (χ2v) is 7.37. The van der Waals surface area contributed by atoms with Crippen molar-refractivity contribution in [2.24, 2.45) is 5.92 Å². The van der Waals surface area contributed by atoms with Crippen LogP contribution in [-0.2, 0) is 17.9 Å². The Morgan fingerprint density at radius 2 is 2.12 bits per heavy atom. The Labute approximate surface area is 154 Å². The molecule has 2 aromatic rings. The van der Waals surface area contributed by atoms with E-state index < -0.39 is 0 Å². The van der Waals surface area contributed by atoms with Crippen molar-refractivity contribution < 1.29 is 9.53 Å². The molecule has 0 fully saturated rings. The molecule has 1 N–H and O–H groups in total. The number of thioether (sulfide) groups is 1. The summed E-state index contributed by atoms with van der Waals surface area (Å²) in [5, 5.41) is 2.96. The summed E-state index contributed by atoms with van der Waals surface area (Å²) in [6, 6.07) is 13.5. The van der Waals surface area contributed by atoms with E-state index in [2.05, 4.69) is 24.1 Å². The normalized spacial score (nSPS) is 10.7. The van der Waals surface area contributed by atoms with E-state index in [4.69, 9.17) is 4.74 Å². The molecule has 25 heavy (non-hydrogen) atoms. The fourth-order valence-electron chi connectivity index (χ4n) is 2.12. The molecule has 0 radical (unpaired) electrons. The molecule has 0 aliphatic carbocycles. The van der Waals surface area contributed by atoms with Crippen LogP contribution in [0.25, 0.3) is 0 Å². The lowest BCUT2D eigenvalue weighted by Crippen LogP contribution is -2.24. The van der Waals surface area contributed by atoms with Gasteiger partial charge >= 0.3 is 0 Å². The first-order valence-corrected chi connectivity index (χ1v) is 9.75. The third kappa shape index (κ3) is 8.07. The topological polar surface area (TPSA) is 51.2 Å². The van der Waals surface area contributed by atoms with Crippen LogP contribution >= 0.6 is 11.8 Å². The minimum atomic E-state index is 0.0774. The Bertz CT molecular complexity index is 647. The molecule has 4 nitrogen and oxygen atoms in total. The van der Waals surface area contributed by atoms with Crippen molar-refractivity contribution in [2.45, 2.75) is 33.4 Å². The van der Waals surface area contributed by atoms with Crippen molar-refractivity contribution in [1.29, 1.82) is 0 Å². The molecular weight excluding hydrogens is 332 g/mol. The Kier molecular flexibility index (Phi) is 8.32. The first-order valence-electron chi connectivity index (χ1n) is 8.59. The summed E-state index contributed by atoms with van der Waals surface area (Å²) < 4.78 is 5.76. The van der Waals surface area contributed by atoms with Crippen LogP contribution in [0.5, 0.6) is 5.75 Å². The molecule has 134 valence electrons. The summed E-state index contributed by atoms with van der Waals surface area (Å²) in [6.07, 6.45) is 2.90. The summed E-state index contributed by atoms with van der Waals surface area (Å²) in [5.74, 6) is 3.09. The highest BCUT2D eigenvalue weighted by Crippen LogP contribution is 2.15. The number of nitrogens with zero attached hydrogens (tertiary/aromatic N) is 1.